The molecule has 0 bridgehead atoms. The van der Waals surface area contributed by atoms with Crippen LogP contribution in [0.3, 0.4) is 0 Å². The molecule has 0 radical (unpaired) electrons. The summed E-state index contributed by atoms with van der Waals surface area (Å²) in [6.45, 7) is 2.98. The number of aromatic nitrogens is 1. The first kappa shape index (κ1) is 23.7. The number of ether oxygens (including phenoxy) is 3. The number of morpholine rings is 1. The number of sulfonamides is 1. The van der Waals surface area contributed by atoms with Gasteiger partial charge in [0.2, 0.25) is 10.0 Å². The van der Waals surface area contributed by atoms with E-state index in [0.717, 1.165) is 0 Å². The van der Waals surface area contributed by atoms with E-state index in [0.29, 0.717) is 47.3 Å². The van der Waals surface area contributed by atoms with Crippen LogP contribution in [-0.2, 0) is 14.8 Å². The third-order valence-corrected chi connectivity index (χ3v) is 7.49. The van der Waals surface area contributed by atoms with Crippen LogP contribution in [0.5, 0.6) is 11.5 Å². The minimum atomic E-state index is -3.72. The summed E-state index contributed by atoms with van der Waals surface area (Å²) in [5.74, 6) is 0.892. The van der Waals surface area contributed by atoms with Crippen LogP contribution >= 0.6 is 0 Å². The number of nitrogens with one attached hydrogen (secondary N) is 1. The Hall–Kier alpha value is -3.41. The normalized spacial score (nSPS) is 14.6. The number of nitrogens with zero attached hydrogens (tertiary/aromatic N) is 2. The van der Waals surface area contributed by atoms with Gasteiger partial charge in [-0.15, -0.1) is 0 Å². The molecule has 11 heteroatoms. The number of hydrogen-bond acceptors (Lipinski definition) is 8. The average molecular weight is 488 g/mol. The number of methoxy groups -OCH3 is 2. The summed E-state index contributed by atoms with van der Waals surface area (Å²) >= 11 is 0. The Balaban J connectivity index is 1.57. The van der Waals surface area contributed by atoms with Gasteiger partial charge in [0.15, 0.2) is 11.5 Å². The van der Waals surface area contributed by atoms with Gasteiger partial charge in [0.25, 0.3) is 5.91 Å². The van der Waals surface area contributed by atoms with E-state index in [1.807, 2.05) is 0 Å². The maximum absolute atomic E-state index is 13.1. The molecule has 0 spiro atoms. The van der Waals surface area contributed by atoms with Gasteiger partial charge in [0.05, 0.1) is 37.9 Å². The summed E-state index contributed by atoms with van der Waals surface area (Å²) in [6.07, 6.45) is 0. The van der Waals surface area contributed by atoms with Crippen molar-refractivity contribution in [2.75, 3.05) is 45.8 Å². The fraction of sp³-hybridized carbons (Fsp3) is 0.304. The number of amides is 1. The predicted molar refractivity (Wildman–Crippen MR) is 124 cm³/mol. The molecule has 3 aromatic rings. The van der Waals surface area contributed by atoms with E-state index < -0.39 is 15.9 Å². The maximum Gasteiger partial charge on any atom is 0.277 e. The van der Waals surface area contributed by atoms with Crippen LogP contribution in [0.2, 0.25) is 0 Å². The highest BCUT2D eigenvalue weighted by molar-refractivity contribution is 7.89. The minimum Gasteiger partial charge on any atom is -0.497 e. The van der Waals surface area contributed by atoms with Crippen molar-refractivity contribution in [3.63, 3.8) is 0 Å². The second kappa shape index (κ2) is 9.84. The smallest absolute Gasteiger partial charge is 0.277 e. The molecule has 0 aliphatic carbocycles. The zero-order valence-electron chi connectivity index (χ0n) is 19.0. The van der Waals surface area contributed by atoms with E-state index in [1.165, 1.54) is 23.5 Å². The van der Waals surface area contributed by atoms with Crippen molar-refractivity contribution in [1.29, 1.82) is 0 Å². The number of anilines is 1. The van der Waals surface area contributed by atoms with Crippen LogP contribution in [0, 0.1) is 6.92 Å². The summed E-state index contributed by atoms with van der Waals surface area (Å²) < 4.78 is 48.8. The van der Waals surface area contributed by atoms with Crippen molar-refractivity contribution in [3.05, 3.63) is 53.7 Å². The van der Waals surface area contributed by atoms with Gasteiger partial charge < -0.3 is 24.1 Å². The molecule has 1 amide bonds. The van der Waals surface area contributed by atoms with Crippen molar-refractivity contribution in [2.45, 2.75) is 11.8 Å². The fourth-order valence-corrected chi connectivity index (χ4v) is 5.25. The van der Waals surface area contributed by atoms with Crippen LogP contribution in [0.25, 0.3) is 11.3 Å². The van der Waals surface area contributed by atoms with Crippen molar-refractivity contribution < 1.29 is 31.9 Å². The highest BCUT2D eigenvalue weighted by Gasteiger charge is 2.28. The first-order chi connectivity index (χ1) is 16.3. The molecule has 0 atom stereocenters. The van der Waals surface area contributed by atoms with Gasteiger partial charge in [0.1, 0.15) is 11.5 Å². The zero-order chi connectivity index (χ0) is 24.3. The molecular formula is C23H25N3O7S. The average Bonchev–Trinajstić information content (AvgIpc) is 3.35. The number of carbonyl (C=O) groups excluding carboxylic acids is 1. The molecule has 1 aliphatic rings. The van der Waals surface area contributed by atoms with Gasteiger partial charge in [-0.2, -0.15) is 4.31 Å². The van der Waals surface area contributed by atoms with Gasteiger partial charge in [-0.1, -0.05) is 11.2 Å². The van der Waals surface area contributed by atoms with Crippen LogP contribution in [0.15, 0.2) is 51.9 Å². The Labute approximate surface area is 197 Å². The first-order valence-corrected chi connectivity index (χ1v) is 12.0. The molecule has 34 heavy (non-hydrogen) atoms. The maximum atomic E-state index is 13.1. The van der Waals surface area contributed by atoms with E-state index in [9.17, 15) is 13.2 Å². The number of hydrogen-bond donors (Lipinski definition) is 1. The van der Waals surface area contributed by atoms with Crippen LogP contribution in [0.1, 0.15) is 16.1 Å². The third-order valence-electron chi connectivity index (χ3n) is 5.45. The Morgan fingerprint density at radius 1 is 1.06 bits per heavy atom. The number of benzene rings is 2. The SMILES string of the molecule is COc1ccc(OC)c(-c2cc(C(=O)Nc3ccc(C)c(S(=O)(=O)N4CCOCC4)c3)no2)c1. The quantitative estimate of drug-likeness (QED) is 0.540. The highest BCUT2D eigenvalue weighted by Crippen LogP contribution is 2.34. The Bertz CT molecular complexity index is 1300. The Morgan fingerprint density at radius 3 is 2.53 bits per heavy atom. The second-order valence-corrected chi connectivity index (χ2v) is 9.50. The molecule has 2 aromatic carbocycles. The molecule has 0 saturated carbocycles. The second-order valence-electron chi connectivity index (χ2n) is 7.59. The van der Waals surface area contributed by atoms with E-state index >= 15 is 0 Å². The lowest BCUT2D eigenvalue weighted by Crippen LogP contribution is -2.40. The molecule has 1 saturated heterocycles. The first-order valence-electron chi connectivity index (χ1n) is 10.5. The molecule has 1 fully saturated rings. The van der Waals surface area contributed by atoms with E-state index in [-0.39, 0.29) is 23.7 Å². The molecule has 1 aromatic heterocycles. The van der Waals surface area contributed by atoms with Crippen molar-refractivity contribution >= 4 is 21.6 Å². The van der Waals surface area contributed by atoms with Crippen LogP contribution in [-0.4, -0.2) is 64.3 Å². The van der Waals surface area contributed by atoms with Gasteiger partial charge >= 0.3 is 0 Å². The molecule has 2 heterocycles. The van der Waals surface area contributed by atoms with Crippen LogP contribution < -0.4 is 14.8 Å². The van der Waals surface area contributed by atoms with Gasteiger partial charge in [-0.05, 0) is 42.8 Å². The monoisotopic (exact) mass is 487 g/mol. The van der Waals surface area contributed by atoms with Crippen molar-refractivity contribution in [2.24, 2.45) is 0 Å². The summed E-state index contributed by atoms with van der Waals surface area (Å²) in [7, 11) is -0.655. The molecule has 1 N–H and O–H groups in total. The minimum absolute atomic E-state index is 0.0260. The molecule has 10 nitrogen and oxygen atoms in total. The lowest BCUT2D eigenvalue weighted by molar-refractivity contribution is 0.0730. The molecule has 4 rings (SSSR count). The fourth-order valence-electron chi connectivity index (χ4n) is 3.59. The summed E-state index contributed by atoms with van der Waals surface area (Å²) in [6, 6.07) is 11.4. The van der Waals surface area contributed by atoms with Gasteiger partial charge in [-0.3, -0.25) is 4.79 Å². The summed E-state index contributed by atoms with van der Waals surface area (Å²) in [5, 5.41) is 6.55. The lowest BCUT2D eigenvalue weighted by Gasteiger charge is -2.26. The third kappa shape index (κ3) is 4.76. The molecule has 180 valence electrons. The van der Waals surface area contributed by atoms with Gasteiger partial charge in [0, 0.05) is 24.8 Å². The van der Waals surface area contributed by atoms with E-state index in [4.69, 9.17) is 18.7 Å². The zero-order valence-corrected chi connectivity index (χ0v) is 19.8. The van der Waals surface area contributed by atoms with Crippen molar-refractivity contribution in [1.82, 2.24) is 9.46 Å². The number of aryl methyl sites for hydroxylation is 1. The Kier molecular flexibility index (Phi) is 6.87. The van der Waals surface area contributed by atoms with Crippen molar-refractivity contribution in [3.8, 4) is 22.8 Å². The largest absolute Gasteiger partial charge is 0.497 e. The molecular weight excluding hydrogens is 462 g/mol. The number of carbonyl (C=O) groups is 1. The van der Waals surface area contributed by atoms with Crippen LogP contribution in [0.4, 0.5) is 5.69 Å². The summed E-state index contributed by atoms with van der Waals surface area (Å²) in [4.78, 5) is 13.0. The summed E-state index contributed by atoms with van der Waals surface area (Å²) in [5.41, 5.74) is 1.50. The highest BCUT2D eigenvalue weighted by atomic mass is 32.2. The number of rotatable bonds is 7. The van der Waals surface area contributed by atoms with E-state index in [1.54, 1.807) is 44.4 Å². The molecule has 0 unspecified atom stereocenters. The predicted octanol–water partition coefficient (Wildman–Crippen LogP) is 2.94. The Morgan fingerprint density at radius 2 is 1.82 bits per heavy atom. The van der Waals surface area contributed by atoms with E-state index in [2.05, 4.69) is 10.5 Å². The topological polar surface area (TPSA) is 120 Å². The lowest BCUT2D eigenvalue weighted by atomic mass is 10.1. The van der Waals surface area contributed by atoms with Gasteiger partial charge in [-0.25, -0.2) is 8.42 Å². The molecule has 1 aliphatic heterocycles. The standard InChI is InChI=1S/C23H25N3O7S/c1-15-4-5-16(12-22(15)34(28,29)26-8-10-32-11-9-26)24-23(27)19-14-21(33-25-19)18-13-17(30-2)6-7-20(18)31-3/h4-7,12-14H,8-11H2,1-3H3,(H,24,27).